The maximum absolute atomic E-state index is 10.2. The number of phenols is 1. The molecule has 0 spiro atoms. The van der Waals surface area contributed by atoms with E-state index in [-0.39, 0.29) is 5.75 Å². The lowest BCUT2D eigenvalue weighted by molar-refractivity contribution is 0.381. The third kappa shape index (κ3) is 1.34. The minimum absolute atomic E-state index is 0.210. The van der Waals surface area contributed by atoms with Crippen molar-refractivity contribution in [2.75, 3.05) is 7.11 Å². The third-order valence-electron chi connectivity index (χ3n) is 3.06. The molecule has 0 bridgehead atoms. The van der Waals surface area contributed by atoms with E-state index in [1.54, 1.807) is 7.11 Å². The van der Waals surface area contributed by atoms with Gasteiger partial charge < -0.3 is 9.84 Å². The maximum Gasteiger partial charge on any atom is 0.168 e. The lowest BCUT2D eigenvalue weighted by Gasteiger charge is -2.11. The van der Waals surface area contributed by atoms with Crippen LogP contribution in [0.3, 0.4) is 0 Å². The molecular weight excluding hydrogens is 212 g/mol. The number of rotatable bonds is 1. The molecule has 3 rings (SSSR count). The molecule has 0 unspecified atom stereocenters. The smallest absolute Gasteiger partial charge is 0.168 e. The number of ether oxygens (including phenoxy) is 1. The van der Waals surface area contributed by atoms with Crippen molar-refractivity contribution in [3.8, 4) is 11.5 Å². The van der Waals surface area contributed by atoms with Crippen molar-refractivity contribution >= 4 is 21.5 Å². The predicted molar refractivity (Wildman–Crippen MR) is 69.7 cm³/mol. The average molecular weight is 224 g/mol. The summed E-state index contributed by atoms with van der Waals surface area (Å²) in [4.78, 5) is 0. The van der Waals surface area contributed by atoms with Crippen molar-refractivity contribution in [3.63, 3.8) is 0 Å². The van der Waals surface area contributed by atoms with E-state index in [9.17, 15) is 5.11 Å². The molecule has 0 atom stereocenters. The second-order valence-electron chi connectivity index (χ2n) is 3.97. The van der Waals surface area contributed by atoms with Gasteiger partial charge in [0.25, 0.3) is 0 Å². The highest BCUT2D eigenvalue weighted by Gasteiger charge is 2.12. The van der Waals surface area contributed by atoms with E-state index in [1.807, 2.05) is 48.5 Å². The van der Waals surface area contributed by atoms with E-state index in [1.165, 1.54) is 0 Å². The van der Waals surface area contributed by atoms with Crippen LogP contribution in [0, 0.1) is 0 Å². The zero-order valence-corrected chi connectivity index (χ0v) is 9.47. The molecule has 0 aliphatic rings. The van der Waals surface area contributed by atoms with Crippen molar-refractivity contribution < 1.29 is 9.84 Å². The lowest BCUT2D eigenvalue weighted by Crippen LogP contribution is -1.88. The van der Waals surface area contributed by atoms with Gasteiger partial charge in [-0.3, -0.25) is 0 Å². The van der Waals surface area contributed by atoms with Gasteiger partial charge in [0.2, 0.25) is 0 Å². The van der Waals surface area contributed by atoms with Crippen molar-refractivity contribution in [3.05, 3.63) is 48.5 Å². The highest BCUT2D eigenvalue weighted by molar-refractivity contribution is 6.13. The number of fused-ring (bicyclic) bond motifs is 3. The Morgan fingerprint density at radius 1 is 0.765 bits per heavy atom. The summed E-state index contributed by atoms with van der Waals surface area (Å²) in [5.74, 6) is 0.751. The molecule has 0 aromatic heterocycles. The van der Waals surface area contributed by atoms with Crippen LogP contribution in [0.25, 0.3) is 21.5 Å². The highest BCUT2D eigenvalue weighted by atomic mass is 16.5. The molecule has 0 amide bonds. The van der Waals surface area contributed by atoms with Crippen LogP contribution < -0.4 is 4.74 Å². The summed E-state index contributed by atoms with van der Waals surface area (Å²) in [7, 11) is 1.58. The van der Waals surface area contributed by atoms with Crippen LogP contribution in [0.15, 0.2) is 48.5 Å². The molecule has 0 heterocycles. The summed E-state index contributed by atoms with van der Waals surface area (Å²) in [6, 6.07) is 15.7. The van der Waals surface area contributed by atoms with E-state index < -0.39 is 0 Å². The van der Waals surface area contributed by atoms with Gasteiger partial charge in [0.05, 0.1) is 7.11 Å². The second-order valence-corrected chi connectivity index (χ2v) is 3.97. The first kappa shape index (κ1) is 9.97. The maximum atomic E-state index is 10.2. The second kappa shape index (κ2) is 3.67. The molecule has 0 fully saturated rings. The SMILES string of the molecule is COc1c(O)c2ccccc2c2ccccc12. The molecule has 0 saturated carbocycles. The van der Waals surface area contributed by atoms with E-state index in [2.05, 4.69) is 0 Å². The number of hydrogen-bond donors (Lipinski definition) is 1. The number of benzene rings is 3. The van der Waals surface area contributed by atoms with Crippen molar-refractivity contribution in [1.29, 1.82) is 0 Å². The van der Waals surface area contributed by atoms with Gasteiger partial charge in [-0.2, -0.15) is 0 Å². The van der Waals surface area contributed by atoms with Gasteiger partial charge in [-0.25, -0.2) is 0 Å². The van der Waals surface area contributed by atoms with Gasteiger partial charge in [-0.15, -0.1) is 0 Å². The molecule has 2 nitrogen and oxygen atoms in total. The number of phenolic OH excluding ortho intramolecular Hbond substituents is 1. The van der Waals surface area contributed by atoms with Gasteiger partial charge in [0.1, 0.15) is 0 Å². The van der Waals surface area contributed by atoms with Crippen LogP contribution in [-0.4, -0.2) is 12.2 Å². The van der Waals surface area contributed by atoms with Crippen molar-refractivity contribution in [2.24, 2.45) is 0 Å². The molecule has 0 aliphatic heterocycles. The number of aromatic hydroxyl groups is 1. The first-order valence-electron chi connectivity index (χ1n) is 5.49. The first-order chi connectivity index (χ1) is 8.33. The van der Waals surface area contributed by atoms with Gasteiger partial charge in [0, 0.05) is 10.8 Å². The Labute approximate surface area is 99.1 Å². The van der Waals surface area contributed by atoms with Crippen LogP contribution in [0.2, 0.25) is 0 Å². The lowest BCUT2D eigenvalue weighted by atomic mass is 10.00. The van der Waals surface area contributed by atoms with Gasteiger partial charge >= 0.3 is 0 Å². The summed E-state index contributed by atoms with van der Waals surface area (Å²) in [5, 5.41) is 14.1. The van der Waals surface area contributed by atoms with Crippen molar-refractivity contribution in [1.82, 2.24) is 0 Å². The van der Waals surface area contributed by atoms with Crippen LogP contribution in [-0.2, 0) is 0 Å². The Kier molecular flexibility index (Phi) is 2.15. The largest absolute Gasteiger partial charge is 0.504 e. The van der Waals surface area contributed by atoms with Gasteiger partial charge in [-0.05, 0) is 10.8 Å². The zero-order valence-electron chi connectivity index (χ0n) is 9.47. The van der Waals surface area contributed by atoms with E-state index in [0.29, 0.717) is 5.75 Å². The fraction of sp³-hybridized carbons (Fsp3) is 0.0667. The molecule has 1 N–H and O–H groups in total. The Balaban J connectivity index is 2.64. The third-order valence-corrected chi connectivity index (χ3v) is 3.06. The monoisotopic (exact) mass is 224 g/mol. The van der Waals surface area contributed by atoms with Gasteiger partial charge in [0.15, 0.2) is 11.5 Å². The molecule has 84 valence electrons. The fourth-order valence-electron chi connectivity index (χ4n) is 2.30. The quantitative estimate of drug-likeness (QED) is 0.638. The van der Waals surface area contributed by atoms with E-state index in [4.69, 9.17) is 4.74 Å². The fourth-order valence-corrected chi connectivity index (χ4v) is 2.30. The minimum atomic E-state index is 0.210. The molecule has 0 radical (unpaired) electrons. The standard InChI is InChI=1S/C15H12O2/c1-17-15-13-9-5-3-7-11(13)10-6-2-4-8-12(10)14(15)16/h2-9,16H,1H3. The minimum Gasteiger partial charge on any atom is -0.504 e. The Hall–Kier alpha value is -2.22. The van der Waals surface area contributed by atoms with Crippen LogP contribution >= 0.6 is 0 Å². The Morgan fingerprint density at radius 3 is 1.82 bits per heavy atom. The molecule has 3 aromatic rings. The average Bonchev–Trinajstić information content (AvgIpc) is 2.40. The molecule has 0 saturated heterocycles. The number of hydrogen-bond acceptors (Lipinski definition) is 2. The van der Waals surface area contributed by atoms with Crippen LogP contribution in [0.5, 0.6) is 11.5 Å². The molecule has 2 heteroatoms. The van der Waals surface area contributed by atoms with Crippen LogP contribution in [0.1, 0.15) is 0 Å². The molecular formula is C15H12O2. The summed E-state index contributed by atoms with van der Waals surface area (Å²) in [5.41, 5.74) is 0. The predicted octanol–water partition coefficient (Wildman–Crippen LogP) is 3.71. The summed E-state index contributed by atoms with van der Waals surface area (Å²) in [6.45, 7) is 0. The van der Waals surface area contributed by atoms with E-state index >= 15 is 0 Å². The first-order valence-corrected chi connectivity index (χ1v) is 5.49. The zero-order chi connectivity index (χ0) is 11.8. The van der Waals surface area contributed by atoms with Crippen LogP contribution in [0.4, 0.5) is 0 Å². The van der Waals surface area contributed by atoms with E-state index in [0.717, 1.165) is 21.5 Å². The normalized spacial score (nSPS) is 10.9. The summed E-state index contributed by atoms with van der Waals surface area (Å²) >= 11 is 0. The van der Waals surface area contributed by atoms with Crippen molar-refractivity contribution in [2.45, 2.75) is 0 Å². The molecule has 17 heavy (non-hydrogen) atoms. The Morgan fingerprint density at radius 2 is 1.24 bits per heavy atom. The molecule has 0 aliphatic carbocycles. The topological polar surface area (TPSA) is 29.5 Å². The Bertz CT molecular complexity index is 702. The van der Waals surface area contributed by atoms with Gasteiger partial charge in [-0.1, -0.05) is 48.5 Å². The number of methoxy groups -OCH3 is 1. The summed E-state index contributed by atoms with van der Waals surface area (Å²) in [6.07, 6.45) is 0. The summed E-state index contributed by atoms with van der Waals surface area (Å²) < 4.78 is 5.32. The highest BCUT2D eigenvalue weighted by Crippen LogP contribution is 2.42. The molecule has 3 aromatic carbocycles.